The Balaban J connectivity index is 2.95. The van der Waals surface area contributed by atoms with Crippen molar-refractivity contribution in [2.75, 3.05) is 44.6 Å². The monoisotopic (exact) mass is 335 g/mol. The molecule has 0 aliphatic rings. The van der Waals surface area contributed by atoms with E-state index in [9.17, 15) is 9.59 Å². The molecule has 1 aromatic rings. The van der Waals surface area contributed by atoms with E-state index in [1.54, 1.807) is 13.2 Å². The summed E-state index contributed by atoms with van der Waals surface area (Å²) in [4.78, 5) is 26.4. The van der Waals surface area contributed by atoms with Gasteiger partial charge in [-0.15, -0.1) is 0 Å². The fourth-order valence-electron chi connectivity index (χ4n) is 2.23. The van der Waals surface area contributed by atoms with Crippen molar-refractivity contribution in [2.45, 2.75) is 27.2 Å². The maximum atomic E-state index is 12.4. The number of nitrogens with zero attached hydrogens (tertiary/aromatic N) is 1. The average Bonchev–Trinajstić information content (AvgIpc) is 2.44. The minimum atomic E-state index is -0.192. The molecular formula is C18H29N3O3. The fourth-order valence-corrected chi connectivity index (χ4v) is 2.23. The van der Waals surface area contributed by atoms with Gasteiger partial charge in [0.25, 0.3) is 5.91 Å². The summed E-state index contributed by atoms with van der Waals surface area (Å²) in [7, 11) is 5.33. The third-order valence-electron chi connectivity index (χ3n) is 3.29. The molecule has 0 aliphatic carbocycles. The third-order valence-corrected chi connectivity index (χ3v) is 3.29. The van der Waals surface area contributed by atoms with Gasteiger partial charge in [0.15, 0.2) is 0 Å². The molecule has 0 unspecified atom stereocenters. The van der Waals surface area contributed by atoms with E-state index >= 15 is 0 Å². The zero-order chi connectivity index (χ0) is 18.3. The highest BCUT2D eigenvalue weighted by Crippen LogP contribution is 2.24. The summed E-state index contributed by atoms with van der Waals surface area (Å²) < 4.78 is 4.95. The van der Waals surface area contributed by atoms with Crippen molar-refractivity contribution in [2.24, 2.45) is 5.41 Å². The largest absolute Gasteiger partial charge is 0.383 e. The molecule has 0 bridgehead atoms. The van der Waals surface area contributed by atoms with Crippen molar-refractivity contribution in [1.82, 2.24) is 5.32 Å². The molecule has 0 heterocycles. The molecule has 0 aromatic heterocycles. The summed E-state index contributed by atoms with van der Waals surface area (Å²) in [5.74, 6) is -0.256. The third kappa shape index (κ3) is 6.58. The van der Waals surface area contributed by atoms with E-state index in [1.807, 2.05) is 51.9 Å². The zero-order valence-electron chi connectivity index (χ0n) is 15.5. The van der Waals surface area contributed by atoms with Crippen LogP contribution in [0.2, 0.25) is 0 Å². The number of methoxy groups -OCH3 is 1. The number of anilines is 2. The van der Waals surface area contributed by atoms with Crippen LogP contribution in [0.15, 0.2) is 18.2 Å². The topological polar surface area (TPSA) is 70.7 Å². The summed E-state index contributed by atoms with van der Waals surface area (Å²) in [6.45, 7) is 6.91. The van der Waals surface area contributed by atoms with Crippen LogP contribution in [0.5, 0.6) is 0 Å². The first-order chi connectivity index (χ1) is 11.1. The van der Waals surface area contributed by atoms with E-state index < -0.39 is 0 Å². The van der Waals surface area contributed by atoms with E-state index in [2.05, 4.69) is 10.6 Å². The first-order valence-corrected chi connectivity index (χ1v) is 8.02. The smallest absolute Gasteiger partial charge is 0.253 e. The Kier molecular flexibility index (Phi) is 7.22. The molecule has 0 spiro atoms. The molecule has 2 amide bonds. The quantitative estimate of drug-likeness (QED) is 0.751. The average molecular weight is 335 g/mol. The van der Waals surface area contributed by atoms with Crippen molar-refractivity contribution in [3.05, 3.63) is 23.8 Å². The van der Waals surface area contributed by atoms with Gasteiger partial charge in [0, 0.05) is 45.5 Å². The molecule has 1 aromatic carbocycles. The first-order valence-electron chi connectivity index (χ1n) is 8.02. The molecule has 134 valence electrons. The van der Waals surface area contributed by atoms with Gasteiger partial charge in [0.1, 0.15) is 0 Å². The standard InChI is InChI=1S/C18H29N3O3/c1-18(2,3)12-16(22)20-13-7-8-15(21(4)5)14(11-13)17(23)19-9-10-24-6/h7-8,11H,9-10,12H2,1-6H3,(H,19,23)(H,20,22). The number of benzene rings is 1. The number of carbonyl (C=O) groups excluding carboxylic acids is 2. The predicted octanol–water partition coefficient (Wildman–Crippen LogP) is 2.50. The van der Waals surface area contributed by atoms with Crippen LogP contribution in [0, 0.1) is 5.41 Å². The van der Waals surface area contributed by atoms with Crippen molar-refractivity contribution in [1.29, 1.82) is 0 Å². The Bertz CT molecular complexity index is 577. The summed E-state index contributed by atoms with van der Waals surface area (Å²) >= 11 is 0. The van der Waals surface area contributed by atoms with Crippen molar-refractivity contribution in [3.8, 4) is 0 Å². The number of ether oxygens (including phenoxy) is 1. The highest BCUT2D eigenvalue weighted by Gasteiger charge is 2.18. The zero-order valence-corrected chi connectivity index (χ0v) is 15.5. The van der Waals surface area contributed by atoms with Gasteiger partial charge in [-0.05, 0) is 23.6 Å². The van der Waals surface area contributed by atoms with E-state index in [0.29, 0.717) is 30.8 Å². The van der Waals surface area contributed by atoms with E-state index in [4.69, 9.17) is 4.74 Å². The van der Waals surface area contributed by atoms with Crippen LogP contribution in [0.3, 0.4) is 0 Å². The van der Waals surface area contributed by atoms with E-state index in [-0.39, 0.29) is 17.2 Å². The summed E-state index contributed by atoms with van der Waals surface area (Å²) in [5.41, 5.74) is 1.84. The van der Waals surface area contributed by atoms with Gasteiger partial charge in [-0.1, -0.05) is 20.8 Å². The minimum absolute atomic E-state index is 0.0640. The lowest BCUT2D eigenvalue weighted by molar-refractivity contribution is -0.117. The molecule has 24 heavy (non-hydrogen) atoms. The number of carbonyl (C=O) groups is 2. The molecule has 0 atom stereocenters. The van der Waals surface area contributed by atoms with Crippen LogP contribution in [0.1, 0.15) is 37.6 Å². The lowest BCUT2D eigenvalue weighted by Crippen LogP contribution is -2.29. The van der Waals surface area contributed by atoms with Gasteiger partial charge in [-0.3, -0.25) is 9.59 Å². The Labute approximate surface area is 144 Å². The number of nitrogens with one attached hydrogen (secondary N) is 2. The molecule has 1 rings (SSSR count). The maximum Gasteiger partial charge on any atom is 0.253 e. The highest BCUT2D eigenvalue weighted by molar-refractivity contribution is 6.02. The predicted molar refractivity (Wildman–Crippen MR) is 97.7 cm³/mol. The molecule has 0 fully saturated rings. The number of hydrogen-bond donors (Lipinski definition) is 2. The van der Waals surface area contributed by atoms with Gasteiger partial charge in [-0.25, -0.2) is 0 Å². The maximum absolute atomic E-state index is 12.4. The Hall–Kier alpha value is -2.08. The van der Waals surface area contributed by atoms with Crippen LogP contribution in [0.25, 0.3) is 0 Å². The van der Waals surface area contributed by atoms with Gasteiger partial charge in [-0.2, -0.15) is 0 Å². The minimum Gasteiger partial charge on any atom is -0.383 e. The van der Waals surface area contributed by atoms with Crippen molar-refractivity contribution >= 4 is 23.2 Å². The molecule has 2 N–H and O–H groups in total. The van der Waals surface area contributed by atoms with Crippen LogP contribution < -0.4 is 15.5 Å². The van der Waals surface area contributed by atoms with Crippen LogP contribution >= 0.6 is 0 Å². The second kappa shape index (κ2) is 8.68. The lowest BCUT2D eigenvalue weighted by atomic mass is 9.92. The SMILES string of the molecule is COCCNC(=O)c1cc(NC(=O)CC(C)(C)C)ccc1N(C)C. The van der Waals surface area contributed by atoms with Crippen LogP contribution in [0.4, 0.5) is 11.4 Å². The Morgan fingerprint density at radius 3 is 2.42 bits per heavy atom. The molecular weight excluding hydrogens is 306 g/mol. The number of rotatable bonds is 7. The van der Waals surface area contributed by atoms with Crippen molar-refractivity contribution in [3.63, 3.8) is 0 Å². The van der Waals surface area contributed by atoms with Gasteiger partial charge < -0.3 is 20.3 Å². The van der Waals surface area contributed by atoms with Gasteiger partial charge >= 0.3 is 0 Å². The summed E-state index contributed by atoms with van der Waals surface area (Å²) in [6.07, 6.45) is 0.414. The van der Waals surface area contributed by atoms with Gasteiger partial charge in [0.05, 0.1) is 12.2 Å². The molecule has 6 heteroatoms. The van der Waals surface area contributed by atoms with Crippen LogP contribution in [-0.2, 0) is 9.53 Å². The highest BCUT2D eigenvalue weighted by atomic mass is 16.5. The second-order valence-electron chi connectivity index (χ2n) is 7.16. The normalized spacial score (nSPS) is 11.1. The Morgan fingerprint density at radius 2 is 1.88 bits per heavy atom. The lowest BCUT2D eigenvalue weighted by Gasteiger charge is -2.20. The first kappa shape index (κ1) is 20.0. The summed E-state index contributed by atoms with van der Waals surface area (Å²) in [6, 6.07) is 5.35. The fraction of sp³-hybridized carbons (Fsp3) is 0.556. The molecule has 0 aliphatic heterocycles. The van der Waals surface area contributed by atoms with E-state index in [1.165, 1.54) is 0 Å². The second-order valence-corrected chi connectivity index (χ2v) is 7.16. The van der Waals surface area contributed by atoms with Gasteiger partial charge in [0.2, 0.25) is 5.91 Å². The van der Waals surface area contributed by atoms with Crippen LogP contribution in [-0.4, -0.2) is 46.2 Å². The van der Waals surface area contributed by atoms with Crippen molar-refractivity contribution < 1.29 is 14.3 Å². The van der Waals surface area contributed by atoms with E-state index in [0.717, 1.165) is 5.69 Å². The molecule has 0 saturated carbocycles. The number of amides is 2. The Morgan fingerprint density at radius 1 is 1.21 bits per heavy atom. The summed E-state index contributed by atoms with van der Waals surface area (Å²) in [5, 5.41) is 5.68. The number of hydrogen-bond acceptors (Lipinski definition) is 4. The molecule has 0 radical (unpaired) electrons. The molecule has 0 saturated heterocycles. The molecule has 6 nitrogen and oxygen atoms in total.